The lowest BCUT2D eigenvalue weighted by molar-refractivity contribution is -0.0486. The highest BCUT2D eigenvalue weighted by atomic mass is 16.5. The predicted octanol–water partition coefficient (Wildman–Crippen LogP) is 2.12. The van der Waals surface area contributed by atoms with Crippen LogP contribution in [0.25, 0.3) is 0 Å². The molecular weight excluding hydrogens is 440 g/mol. The van der Waals surface area contributed by atoms with Crippen molar-refractivity contribution in [3.8, 4) is 0 Å². The second kappa shape index (κ2) is 14.9. The molecule has 1 aliphatic carbocycles. The Hall–Kier alpha value is -1.36. The van der Waals surface area contributed by atoms with E-state index in [4.69, 9.17) is 0 Å². The molecule has 2 unspecified atom stereocenters. The molecule has 0 radical (unpaired) electrons. The first-order chi connectivity index (χ1) is 16.0. The van der Waals surface area contributed by atoms with Gasteiger partial charge in [0.1, 0.15) is 0 Å². The molecule has 0 spiro atoms. The minimum absolute atomic E-state index is 0.191. The van der Waals surface area contributed by atoms with Gasteiger partial charge in [0.25, 0.3) is 0 Å². The zero-order valence-corrected chi connectivity index (χ0v) is 20.1. The Kier molecular flexibility index (Phi) is 13.4. The first-order valence-corrected chi connectivity index (χ1v) is 12.2. The van der Waals surface area contributed by atoms with E-state index in [1.165, 1.54) is 0 Å². The lowest BCUT2D eigenvalue weighted by atomic mass is 9.60. The largest absolute Gasteiger partial charge is 0.368 e. The maximum Gasteiger partial charge on any atom is 0.151 e. The molecule has 1 aliphatic rings. The van der Waals surface area contributed by atoms with Crippen molar-refractivity contribution in [2.75, 3.05) is 0 Å². The molecule has 0 saturated heterocycles. The predicted molar refractivity (Wildman–Crippen MR) is 130 cm³/mol. The zero-order chi connectivity index (χ0) is 25.8. The molecule has 0 amide bonds. The van der Waals surface area contributed by atoms with Crippen molar-refractivity contribution in [1.82, 2.24) is 0 Å². The van der Waals surface area contributed by atoms with Crippen molar-refractivity contribution >= 4 is 0 Å². The van der Waals surface area contributed by atoms with E-state index in [2.05, 4.69) is 25.3 Å². The fraction of sp³-hybridized carbons (Fsp3) is 0.692. The van der Waals surface area contributed by atoms with Crippen molar-refractivity contribution in [1.29, 1.82) is 0 Å². The van der Waals surface area contributed by atoms with E-state index in [1.54, 1.807) is 0 Å². The van der Waals surface area contributed by atoms with Crippen molar-refractivity contribution in [3.63, 3.8) is 0 Å². The molecule has 0 aromatic heterocycles. The smallest absolute Gasteiger partial charge is 0.151 e. The van der Waals surface area contributed by atoms with Gasteiger partial charge in [-0.05, 0) is 77.0 Å². The van der Waals surface area contributed by atoms with Gasteiger partial charge >= 0.3 is 0 Å². The average Bonchev–Trinajstić information content (AvgIpc) is 2.75. The highest BCUT2D eigenvalue weighted by Crippen LogP contribution is 2.53. The Bertz CT molecular complexity index is 626. The molecule has 0 aliphatic heterocycles. The van der Waals surface area contributed by atoms with Gasteiger partial charge in [0.2, 0.25) is 0 Å². The summed E-state index contributed by atoms with van der Waals surface area (Å²) in [6.07, 6.45) is 7.23. The highest BCUT2D eigenvalue weighted by Gasteiger charge is 2.41. The molecule has 8 nitrogen and oxygen atoms in total. The van der Waals surface area contributed by atoms with Gasteiger partial charge in [-0.25, -0.2) is 0 Å². The molecule has 0 aromatic rings. The van der Waals surface area contributed by atoms with Crippen LogP contribution < -0.4 is 0 Å². The molecule has 0 aromatic carbocycles. The minimum atomic E-state index is -1.43. The number of aliphatic hydroxyl groups is 8. The molecule has 8 N–H and O–H groups in total. The normalized spacial score (nSPS) is 23.1. The van der Waals surface area contributed by atoms with Crippen LogP contribution in [0.15, 0.2) is 48.6 Å². The quantitative estimate of drug-likeness (QED) is 0.108. The molecule has 0 bridgehead atoms. The van der Waals surface area contributed by atoms with E-state index >= 15 is 0 Å². The standard InChI is InChI=1S/C26H44O8/c1-3-25(15-7-13-23(31)32)17-18-26(4-2,16-8-14-24(33)34)20(10-6-12-22(29)30)19(25)9-5-11-21(27)28/h3-4,17-18,21-24,27-34H,1-2,5-16H2. The van der Waals surface area contributed by atoms with E-state index in [0.717, 1.165) is 11.1 Å². The Labute approximate surface area is 202 Å². The van der Waals surface area contributed by atoms with Gasteiger partial charge in [0.05, 0.1) is 0 Å². The van der Waals surface area contributed by atoms with Crippen LogP contribution in [-0.4, -0.2) is 66.0 Å². The maximum absolute atomic E-state index is 9.39. The van der Waals surface area contributed by atoms with E-state index < -0.39 is 36.0 Å². The van der Waals surface area contributed by atoms with Crippen LogP contribution in [0, 0.1) is 10.8 Å². The minimum Gasteiger partial charge on any atom is -0.368 e. The van der Waals surface area contributed by atoms with Crippen molar-refractivity contribution in [2.24, 2.45) is 10.8 Å². The molecule has 196 valence electrons. The molecule has 0 saturated carbocycles. The second-order valence-corrected chi connectivity index (χ2v) is 9.27. The summed E-state index contributed by atoms with van der Waals surface area (Å²) >= 11 is 0. The van der Waals surface area contributed by atoms with Gasteiger partial charge in [-0.2, -0.15) is 0 Å². The van der Waals surface area contributed by atoms with Crippen molar-refractivity contribution in [3.05, 3.63) is 48.6 Å². The van der Waals surface area contributed by atoms with Gasteiger partial charge in [-0.1, -0.05) is 35.5 Å². The molecular formula is C26H44O8. The van der Waals surface area contributed by atoms with Crippen molar-refractivity contribution in [2.45, 2.75) is 102 Å². The summed E-state index contributed by atoms with van der Waals surface area (Å²) < 4.78 is 0. The van der Waals surface area contributed by atoms with E-state index in [-0.39, 0.29) is 25.7 Å². The summed E-state index contributed by atoms with van der Waals surface area (Å²) in [5, 5.41) is 74.9. The Morgan fingerprint density at radius 3 is 1.12 bits per heavy atom. The van der Waals surface area contributed by atoms with Gasteiger partial charge in [0, 0.05) is 10.8 Å². The lowest BCUT2D eigenvalue weighted by Crippen LogP contribution is -2.32. The van der Waals surface area contributed by atoms with Crippen LogP contribution in [0.5, 0.6) is 0 Å². The molecule has 8 heteroatoms. The molecule has 1 rings (SSSR count). The molecule has 0 fully saturated rings. The Morgan fingerprint density at radius 2 is 0.853 bits per heavy atom. The first kappa shape index (κ1) is 30.7. The fourth-order valence-corrected chi connectivity index (χ4v) is 4.96. The van der Waals surface area contributed by atoms with Crippen molar-refractivity contribution < 1.29 is 40.9 Å². The van der Waals surface area contributed by atoms with E-state index in [0.29, 0.717) is 51.4 Å². The third-order valence-electron chi connectivity index (χ3n) is 6.78. The van der Waals surface area contributed by atoms with Crippen LogP contribution in [-0.2, 0) is 0 Å². The maximum atomic E-state index is 9.39. The summed E-state index contributed by atoms with van der Waals surface area (Å²) in [7, 11) is 0. The van der Waals surface area contributed by atoms with Gasteiger partial charge in [0.15, 0.2) is 25.2 Å². The number of hydrogen-bond acceptors (Lipinski definition) is 8. The zero-order valence-electron chi connectivity index (χ0n) is 20.1. The highest BCUT2D eigenvalue weighted by molar-refractivity contribution is 5.45. The Morgan fingerprint density at radius 1 is 0.559 bits per heavy atom. The third-order valence-corrected chi connectivity index (χ3v) is 6.78. The molecule has 2 atom stereocenters. The topological polar surface area (TPSA) is 162 Å². The van der Waals surface area contributed by atoms with Gasteiger partial charge < -0.3 is 40.9 Å². The Balaban J connectivity index is 3.49. The fourth-order valence-electron chi connectivity index (χ4n) is 4.96. The van der Waals surface area contributed by atoms with Crippen LogP contribution >= 0.6 is 0 Å². The summed E-state index contributed by atoms with van der Waals surface area (Å²) in [6, 6.07) is 0. The molecule has 34 heavy (non-hydrogen) atoms. The number of aliphatic hydroxyl groups excluding tert-OH is 4. The van der Waals surface area contributed by atoms with Gasteiger partial charge in [-0.15, -0.1) is 13.2 Å². The second-order valence-electron chi connectivity index (χ2n) is 9.27. The lowest BCUT2D eigenvalue weighted by Gasteiger charge is -2.44. The molecule has 0 heterocycles. The summed E-state index contributed by atoms with van der Waals surface area (Å²) in [6.45, 7) is 8.14. The van der Waals surface area contributed by atoms with Crippen LogP contribution in [0.3, 0.4) is 0 Å². The summed E-state index contributed by atoms with van der Waals surface area (Å²) in [5.41, 5.74) is 0.918. The first-order valence-electron chi connectivity index (χ1n) is 12.2. The van der Waals surface area contributed by atoms with Crippen LogP contribution in [0.1, 0.15) is 77.0 Å². The monoisotopic (exact) mass is 484 g/mol. The number of rotatable bonds is 18. The van der Waals surface area contributed by atoms with Crippen LogP contribution in [0.4, 0.5) is 0 Å². The van der Waals surface area contributed by atoms with E-state index in [9.17, 15) is 40.9 Å². The van der Waals surface area contributed by atoms with Crippen LogP contribution in [0.2, 0.25) is 0 Å². The number of allylic oxidation sites excluding steroid dienone is 6. The average molecular weight is 485 g/mol. The SMILES string of the molecule is C=CC1(CCCC(O)O)C=CC(C=C)(CCCC(O)O)C(CCCC(O)O)=C1CCCC(O)O. The summed E-state index contributed by atoms with van der Waals surface area (Å²) in [4.78, 5) is 0. The van der Waals surface area contributed by atoms with Gasteiger partial charge in [-0.3, -0.25) is 0 Å². The summed E-state index contributed by atoms with van der Waals surface area (Å²) in [5.74, 6) is 0. The third kappa shape index (κ3) is 9.36. The van der Waals surface area contributed by atoms with E-state index in [1.807, 2.05) is 12.2 Å². The number of hydrogen-bond donors (Lipinski definition) is 8.